The van der Waals surface area contributed by atoms with Crippen LogP contribution >= 0.6 is 0 Å². The molecule has 3 aromatic heterocycles. The summed E-state index contributed by atoms with van der Waals surface area (Å²) in [4.78, 5) is 33.2. The van der Waals surface area contributed by atoms with Crippen LogP contribution < -0.4 is 10.9 Å². The third-order valence-corrected chi connectivity index (χ3v) is 5.54. The molecule has 0 bridgehead atoms. The van der Waals surface area contributed by atoms with Crippen molar-refractivity contribution >= 4 is 22.5 Å². The number of carbonyl (C=O) groups is 1. The van der Waals surface area contributed by atoms with Crippen LogP contribution in [-0.2, 0) is 11.3 Å². The van der Waals surface area contributed by atoms with Crippen molar-refractivity contribution in [2.24, 2.45) is 0 Å². The smallest absolute Gasteiger partial charge is 0.252 e. The fraction of sp³-hybridized carbons (Fsp3) is 0.227. The van der Waals surface area contributed by atoms with E-state index >= 15 is 0 Å². The molecule has 28 heavy (non-hydrogen) atoms. The summed E-state index contributed by atoms with van der Waals surface area (Å²) in [5.41, 5.74) is 5.94. The zero-order valence-corrected chi connectivity index (χ0v) is 15.7. The third-order valence-electron chi connectivity index (χ3n) is 5.54. The van der Waals surface area contributed by atoms with Crippen molar-refractivity contribution in [1.29, 1.82) is 0 Å². The molecular formula is C22H20N4O2. The van der Waals surface area contributed by atoms with Gasteiger partial charge in [0.2, 0.25) is 5.91 Å². The van der Waals surface area contributed by atoms with Gasteiger partial charge in [0.25, 0.3) is 5.56 Å². The number of hydrogen-bond donors (Lipinski definition) is 2. The molecule has 0 saturated heterocycles. The molecule has 1 amide bonds. The standard InChI is InChI=1S/C22H20N4O2/c1-12-6-7-18-24-17-10-23-19(27)9-15(21(17)26(18)11-12)16-8-14-5-3-4-13(2)20(14)25-22(16)28/h3-8,11,15H,9-10H2,1-2H3,(H,23,27)(H,25,28). The lowest BCUT2D eigenvalue weighted by Gasteiger charge is -2.16. The molecule has 1 atom stereocenters. The Kier molecular flexibility index (Phi) is 3.62. The summed E-state index contributed by atoms with van der Waals surface area (Å²) in [5, 5.41) is 3.88. The summed E-state index contributed by atoms with van der Waals surface area (Å²) in [6.07, 6.45) is 2.23. The summed E-state index contributed by atoms with van der Waals surface area (Å²) in [7, 11) is 0. The number of imidazole rings is 1. The highest BCUT2D eigenvalue weighted by Crippen LogP contribution is 2.33. The van der Waals surface area contributed by atoms with Gasteiger partial charge in [-0.15, -0.1) is 0 Å². The van der Waals surface area contributed by atoms with E-state index in [1.54, 1.807) is 0 Å². The van der Waals surface area contributed by atoms with E-state index in [4.69, 9.17) is 4.98 Å². The van der Waals surface area contributed by atoms with Crippen molar-refractivity contribution in [3.63, 3.8) is 0 Å². The van der Waals surface area contributed by atoms with Gasteiger partial charge in [0.05, 0.1) is 23.4 Å². The topological polar surface area (TPSA) is 79.3 Å². The zero-order valence-electron chi connectivity index (χ0n) is 15.7. The Hall–Kier alpha value is -3.41. The Morgan fingerprint density at radius 1 is 1.14 bits per heavy atom. The number of rotatable bonds is 1. The first-order valence-electron chi connectivity index (χ1n) is 9.38. The Bertz CT molecular complexity index is 1320. The predicted octanol–water partition coefficient (Wildman–Crippen LogP) is 2.94. The molecule has 2 N–H and O–H groups in total. The van der Waals surface area contributed by atoms with Crippen LogP contribution in [-0.4, -0.2) is 20.3 Å². The van der Waals surface area contributed by atoms with Crippen LogP contribution in [0.4, 0.5) is 0 Å². The second kappa shape index (κ2) is 6.05. The molecule has 0 radical (unpaired) electrons. The minimum atomic E-state index is -0.358. The van der Waals surface area contributed by atoms with Gasteiger partial charge >= 0.3 is 0 Å². The van der Waals surface area contributed by atoms with E-state index in [1.807, 2.05) is 60.8 Å². The zero-order chi connectivity index (χ0) is 19.4. The summed E-state index contributed by atoms with van der Waals surface area (Å²) in [6, 6.07) is 11.8. The molecule has 0 fully saturated rings. The number of nitrogens with one attached hydrogen (secondary N) is 2. The summed E-state index contributed by atoms with van der Waals surface area (Å²) in [6.45, 7) is 4.37. The number of aryl methyl sites for hydroxylation is 2. The Morgan fingerprint density at radius 3 is 2.86 bits per heavy atom. The second-order valence-electron chi connectivity index (χ2n) is 7.50. The van der Waals surface area contributed by atoms with Gasteiger partial charge in [-0.25, -0.2) is 4.98 Å². The first-order valence-corrected chi connectivity index (χ1v) is 9.38. The molecule has 5 rings (SSSR count). The van der Waals surface area contributed by atoms with Gasteiger partial charge < -0.3 is 14.7 Å². The number of para-hydroxylation sites is 1. The number of carbonyl (C=O) groups excluding carboxylic acids is 1. The van der Waals surface area contributed by atoms with E-state index < -0.39 is 0 Å². The van der Waals surface area contributed by atoms with Gasteiger partial charge in [-0.1, -0.05) is 24.3 Å². The molecule has 0 spiro atoms. The average Bonchev–Trinajstić information content (AvgIpc) is 2.93. The van der Waals surface area contributed by atoms with Crippen LogP contribution in [0.5, 0.6) is 0 Å². The van der Waals surface area contributed by atoms with Gasteiger partial charge in [0, 0.05) is 24.1 Å². The van der Waals surface area contributed by atoms with Crippen LogP contribution in [0.15, 0.2) is 47.4 Å². The highest BCUT2D eigenvalue weighted by atomic mass is 16.1. The van der Waals surface area contributed by atoms with E-state index in [2.05, 4.69) is 10.3 Å². The Morgan fingerprint density at radius 2 is 2.00 bits per heavy atom. The highest BCUT2D eigenvalue weighted by molar-refractivity contribution is 5.83. The molecule has 6 heteroatoms. The van der Waals surface area contributed by atoms with Gasteiger partial charge in [0.1, 0.15) is 5.65 Å². The van der Waals surface area contributed by atoms with Gasteiger partial charge in [-0.3, -0.25) is 9.59 Å². The highest BCUT2D eigenvalue weighted by Gasteiger charge is 2.30. The van der Waals surface area contributed by atoms with Gasteiger partial charge in [-0.2, -0.15) is 0 Å². The number of H-pyrrole nitrogens is 1. The maximum Gasteiger partial charge on any atom is 0.252 e. The molecule has 0 aliphatic carbocycles. The Balaban J connectivity index is 1.80. The normalized spacial score (nSPS) is 16.8. The summed E-state index contributed by atoms with van der Waals surface area (Å²) in [5.74, 6) is -0.434. The van der Waals surface area contributed by atoms with Crippen LogP contribution in [0.1, 0.15) is 40.4 Å². The molecule has 1 aliphatic rings. The number of benzene rings is 1. The lowest BCUT2D eigenvalue weighted by Crippen LogP contribution is -2.24. The van der Waals surface area contributed by atoms with E-state index in [0.717, 1.165) is 39.1 Å². The van der Waals surface area contributed by atoms with Crippen molar-refractivity contribution < 1.29 is 4.79 Å². The average molecular weight is 372 g/mol. The molecule has 140 valence electrons. The summed E-state index contributed by atoms with van der Waals surface area (Å²) < 4.78 is 2.02. The third kappa shape index (κ3) is 2.52. The quantitative estimate of drug-likeness (QED) is 0.539. The molecule has 1 aromatic carbocycles. The van der Waals surface area contributed by atoms with Crippen molar-refractivity contribution in [2.75, 3.05) is 0 Å². The molecule has 1 unspecified atom stereocenters. The van der Waals surface area contributed by atoms with E-state index in [9.17, 15) is 9.59 Å². The number of nitrogens with zero attached hydrogens (tertiary/aromatic N) is 2. The van der Waals surface area contributed by atoms with Crippen LogP contribution in [0.25, 0.3) is 16.6 Å². The van der Waals surface area contributed by atoms with Gasteiger partial charge in [0.15, 0.2) is 0 Å². The van der Waals surface area contributed by atoms with Crippen molar-refractivity contribution in [3.8, 4) is 0 Å². The minimum absolute atomic E-state index is 0.0758. The van der Waals surface area contributed by atoms with Gasteiger partial charge in [-0.05, 0) is 42.5 Å². The molecule has 6 nitrogen and oxygen atoms in total. The number of fused-ring (bicyclic) bond motifs is 4. The lowest BCUT2D eigenvalue weighted by atomic mass is 9.91. The number of aromatic nitrogens is 3. The summed E-state index contributed by atoms with van der Waals surface area (Å²) >= 11 is 0. The van der Waals surface area contributed by atoms with E-state index in [-0.39, 0.29) is 23.8 Å². The maximum atomic E-state index is 13.0. The lowest BCUT2D eigenvalue weighted by molar-refractivity contribution is -0.121. The predicted molar refractivity (Wildman–Crippen MR) is 108 cm³/mol. The van der Waals surface area contributed by atoms with Crippen molar-refractivity contribution in [3.05, 3.63) is 81.0 Å². The fourth-order valence-electron chi connectivity index (χ4n) is 4.17. The van der Waals surface area contributed by atoms with Crippen LogP contribution in [0.2, 0.25) is 0 Å². The van der Waals surface area contributed by atoms with Crippen LogP contribution in [0.3, 0.4) is 0 Å². The maximum absolute atomic E-state index is 13.0. The first kappa shape index (κ1) is 16.7. The fourth-order valence-corrected chi connectivity index (χ4v) is 4.17. The monoisotopic (exact) mass is 372 g/mol. The second-order valence-corrected chi connectivity index (χ2v) is 7.50. The van der Waals surface area contributed by atoms with Crippen LogP contribution in [0, 0.1) is 13.8 Å². The SMILES string of the molecule is Cc1ccc2nc3c(n2c1)C(c1cc2cccc(C)c2[nH]c1=O)CC(=O)NC3. The van der Waals surface area contributed by atoms with Crippen molar-refractivity contribution in [1.82, 2.24) is 19.7 Å². The van der Waals surface area contributed by atoms with E-state index in [0.29, 0.717) is 12.1 Å². The number of aromatic amines is 1. The molecule has 0 saturated carbocycles. The number of pyridine rings is 2. The first-order chi connectivity index (χ1) is 13.5. The molecule has 1 aliphatic heterocycles. The largest absolute Gasteiger partial charge is 0.350 e. The van der Waals surface area contributed by atoms with E-state index in [1.165, 1.54) is 0 Å². The molecule has 4 heterocycles. The number of amides is 1. The Labute approximate surface area is 161 Å². The molecule has 4 aromatic rings. The minimum Gasteiger partial charge on any atom is -0.350 e. The molecular weight excluding hydrogens is 352 g/mol. The van der Waals surface area contributed by atoms with Crippen molar-refractivity contribution in [2.45, 2.75) is 32.7 Å². The number of hydrogen-bond acceptors (Lipinski definition) is 3.